The van der Waals surface area contributed by atoms with Crippen molar-refractivity contribution in [3.8, 4) is 0 Å². The van der Waals surface area contributed by atoms with Gasteiger partial charge in [-0.05, 0) is 30.3 Å². The van der Waals surface area contributed by atoms with Crippen molar-refractivity contribution in [3.63, 3.8) is 0 Å². The minimum atomic E-state index is -0.369. The van der Waals surface area contributed by atoms with E-state index in [4.69, 9.17) is 10.2 Å². The summed E-state index contributed by atoms with van der Waals surface area (Å²) >= 11 is 0. The van der Waals surface area contributed by atoms with Gasteiger partial charge in [-0.25, -0.2) is 4.79 Å². The molecular weight excluding hydrogens is 242 g/mol. The molecule has 0 saturated heterocycles. The number of nitrogen functional groups attached to an aromatic ring is 1. The molecule has 1 aromatic heterocycles. The van der Waals surface area contributed by atoms with Crippen LogP contribution >= 0.6 is 0 Å². The number of rotatable bonds is 2. The van der Waals surface area contributed by atoms with Gasteiger partial charge in [-0.3, -0.25) is 4.57 Å². The van der Waals surface area contributed by atoms with Crippen molar-refractivity contribution in [2.45, 2.75) is 0 Å². The summed E-state index contributed by atoms with van der Waals surface area (Å²) in [4.78, 5) is 11.4. The second kappa shape index (κ2) is 4.20. The summed E-state index contributed by atoms with van der Waals surface area (Å²) in [6.45, 7) is 0. The third-order valence-electron chi connectivity index (χ3n) is 3.03. The van der Waals surface area contributed by atoms with Crippen molar-refractivity contribution in [1.29, 1.82) is 0 Å². The molecule has 0 saturated carbocycles. The molecule has 3 N–H and O–H groups in total. The highest BCUT2D eigenvalue weighted by atomic mass is 16.4. The van der Waals surface area contributed by atoms with Gasteiger partial charge in [0.1, 0.15) is 0 Å². The molecule has 2 aromatic carbocycles. The molecule has 5 nitrogen and oxygen atoms in total. The Kier molecular flexibility index (Phi) is 2.52. The molecule has 0 aliphatic heterocycles. The van der Waals surface area contributed by atoms with E-state index in [2.05, 4.69) is 5.32 Å². The van der Waals surface area contributed by atoms with Crippen LogP contribution in [0, 0.1) is 0 Å². The SMILES string of the molecule is Cn1c(=O)oc2ccc(Nc3ccccc3N)cc21. The number of fused-ring (bicyclic) bond motifs is 1. The number of oxazole rings is 1. The maximum absolute atomic E-state index is 11.4. The van der Waals surface area contributed by atoms with Gasteiger partial charge < -0.3 is 15.5 Å². The summed E-state index contributed by atoms with van der Waals surface area (Å²) in [5, 5.41) is 3.22. The zero-order chi connectivity index (χ0) is 13.4. The van der Waals surface area contributed by atoms with E-state index in [9.17, 15) is 4.79 Å². The van der Waals surface area contributed by atoms with Gasteiger partial charge in [0.05, 0.1) is 16.9 Å². The Morgan fingerprint density at radius 2 is 2.00 bits per heavy atom. The molecule has 0 aliphatic rings. The fourth-order valence-electron chi connectivity index (χ4n) is 1.97. The maximum atomic E-state index is 11.4. The van der Waals surface area contributed by atoms with Gasteiger partial charge in [0.25, 0.3) is 0 Å². The lowest BCUT2D eigenvalue weighted by Gasteiger charge is -2.08. The molecule has 0 spiro atoms. The van der Waals surface area contributed by atoms with Crippen LogP contribution < -0.4 is 16.8 Å². The van der Waals surface area contributed by atoms with Crippen LogP contribution in [-0.4, -0.2) is 4.57 Å². The van der Waals surface area contributed by atoms with Crippen LogP contribution in [0.3, 0.4) is 0 Å². The Hall–Kier alpha value is -2.69. The number of benzene rings is 2. The zero-order valence-corrected chi connectivity index (χ0v) is 10.4. The molecular formula is C14H13N3O2. The van der Waals surface area contributed by atoms with Crippen molar-refractivity contribution >= 4 is 28.2 Å². The number of nitrogens with two attached hydrogens (primary N) is 1. The summed E-state index contributed by atoms with van der Waals surface area (Å²) in [5.41, 5.74) is 9.54. The molecule has 0 amide bonds. The number of aryl methyl sites for hydroxylation is 1. The number of nitrogens with zero attached hydrogens (tertiary/aromatic N) is 1. The predicted molar refractivity (Wildman–Crippen MR) is 75.6 cm³/mol. The summed E-state index contributed by atoms with van der Waals surface area (Å²) in [5.74, 6) is -0.369. The Labute approximate surface area is 109 Å². The van der Waals surface area contributed by atoms with E-state index in [-0.39, 0.29) is 5.76 Å². The molecule has 0 bridgehead atoms. The standard InChI is InChI=1S/C14H13N3O2/c1-17-12-8-9(6-7-13(12)19-14(17)18)16-11-5-3-2-4-10(11)15/h2-8,16H,15H2,1H3. The lowest BCUT2D eigenvalue weighted by molar-refractivity contribution is 0.528. The second-order valence-electron chi connectivity index (χ2n) is 4.32. The summed E-state index contributed by atoms with van der Waals surface area (Å²) in [6.07, 6.45) is 0. The molecule has 0 radical (unpaired) electrons. The van der Waals surface area contributed by atoms with Gasteiger partial charge >= 0.3 is 5.76 Å². The molecule has 5 heteroatoms. The number of anilines is 3. The molecule has 0 fully saturated rings. The average molecular weight is 255 g/mol. The smallest absolute Gasteiger partial charge is 0.408 e. The number of nitrogens with one attached hydrogen (secondary N) is 1. The highest BCUT2D eigenvalue weighted by Crippen LogP contribution is 2.24. The van der Waals surface area contributed by atoms with Gasteiger partial charge in [-0.2, -0.15) is 0 Å². The molecule has 3 rings (SSSR count). The van der Waals surface area contributed by atoms with Gasteiger partial charge in [0.2, 0.25) is 0 Å². The Morgan fingerprint density at radius 3 is 2.79 bits per heavy atom. The molecule has 3 aromatic rings. The molecule has 0 atom stereocenters. The molecule has 96 valence electrons. The van der Waals surface area contributed by atoms with Gasteiger partial charge in [-0.1, -0.05) is 12.1 Å². The van der Waals surface area contributed by atoms with Gasteiger partial charge in [0.15, 0.2) is 5.58 Å². The van der Waals surface area contributed by atoms with E-state index >= 15 is 0 Å². The number of hydrogen-bond acceptors (Lipinski definition) is 4. The fourth-order valence-corrected chi connectivity index (χ4v) is 1.97. The predicted octanol–water partition coefficient (Wildman–Crippen LogP) is 2.46. The molecule has 0 aliphatic carbocycles. The van der Waals surface area contributed by atoms with Gasteiger partial charge in [0, 0.05) is 12.7 Å². The van der Waals surface area contributed by atoms with Crippen molar-refractivity contribution in [2.24, 2.45) is 7.05 Å². The van der Waals surface area contributed by atoms with Crippen LogP contribution in [0.4, 0.5) is 17.1 Å². The Balaban J connectivity index is 2.04. The number of hydrogen-bond donors (Lipinski definition) is 2. The monoisotopic (exact) mass is 255 g/mol. The Morgan fingerprint density at radius 1 is 1.21 bits per heavy atom. The lowest BCUT2D eigenvalue weighted by Crippen LogP contribution is -2.08. The summed E-state index contributed by atoms with van der Waals surface area (Å²) in [6, 6.07) is 13.0. The van der Waals surface area contributed by atoms with E-state index in [1.54, 1.807) is 13.1 Å². The topological polar surface area (TPSA) is 73.2 Å². The number of para-hydroxylation sites is 2. The quantitative estimate of drug-likeness (QED) is 0.690. The summed E-state index contributed by atoms with van der Waals surface area (Å²) < 4.78 is 6.55. The van der Waals surface area contributed by atoms with Crippen LogP contribution in [0.5, 0.6) is 0 Å². The average Bonchev–Trinajstić information content (AvgIpc) is 2.68. The van der Waals surface area contributed by atoms with Crippen molar-refractivity contribution in [2.75, 3.05) is 11.1 Å². The van der Waals surface area contributed by atoms with Gasteiger partial charge in [-0.15, -0.1) is 0 Å². The van der Waals surface area contributed by atoms with Crippen molar-refractivity contribution in [1.82, 2.24) is 4.57 Å². The van der Waals surface area contributed by atoms with Crippen LogP contribution in [0.1, 0.15) is 0 Å². The van der Waals surface area contributed by atoms with Crippen LogP contribution in [0.15, 0.2) is 51.7 Å². The first kappa shape index (κ1) is 11.4. The normalized spacial score (nSPS) is 10.8. The third kappa shape index (κ3) is 1.95. The Bertz CT molecular complexity index is 802. The number of aromatic nitrogens is 1. The van der Waals surface area contributed by atoms with Crippen LogP contribution in [-0.2, 0) is 7.05 Å². The van der Waals surface area contributed by atoms with E-state index in [1.165, 1.54) is 4.57 Å². The second-order valence-corrected chi connectivity index (χ2v) is 4.32. The van der Waals surface area contributed by atoms with E-state index in [0.29, 0.717) is 11.3 Å². The molecule has 0 unspecified atom stereocenters. The minimum absolute atomic E-state index is 0.369. The highest BCUT2D eigenvalue weighted by molar-refractivity contribution is 5.81. The van der Waals surface area contributed by atoms with Crippen molar-refractivity contribution in [3.05, 3.63) is 53.0 Å². The van der Waals surface area contributed by atoms with E-state index in [0.717, 1.165) is 16.9 Å². The largest absolute Gasteiger partial charge is 0.419 e. The first-order valence-electron chi connectivity index (χ1n) is 5.86. The highest BCUT2D eigenvalue weighted by Gasteiger charge is 2.07. The van der Waals surface area contributed by atoms with E-state index in [1.807, 2.05) is 36.4 Å². The van der Waals surface area contributed by atoms with E-state index < -0.39 is 0 Å². The van der Waals surface area contributed by atoms with Crippen molar-refractivity contribution < 1.29 is 4.42 Å². The lowest BCUT2D eigenvalue weighted by atomic mass is 10.2. The van der Waals surface area contributed by atoms with Crippen LogP contribution in [0.25, 0.3) is 11.1 Å². The zero-order valence-electron chi connectivity index (χ0n) is 10.4. The minimum Gasteiger partial charge on any atom is -0.408 e. The molecule has 19 heavy (non-hydrogen) atoms. The first-order chi connectivity index (χ1) is 9.15. The fraction of sp³-hybridized carbons (Fsp3) is 0.0714. The first-order valence-corrected chi connectivity index (χ1v) is 5.86. The van der Waals surface area contributed by atoms with Crippen LogP contribution in [0.2, 0.25) is 0 Å². The maximum Gasteiger partial charge on any atom is 0.419 e. The molecule has 1 heterocycles. The third-order valence-corrected chi connectivity index (χ3v) is 3.03. The summed E-state index contributed by atoms with van der Waals surface area (Å²) in [7, 11) is 1.68.